The smallest absolute Gasteiger partial charge is 0.0442 e. The molecule has 3 heterocycles. The van der Waals surface area contributed by atoms with Gasteiger partial charge in [0.15, 0.2) is 0 Å². The van der Waals surface area contributed by atoms with Gasteiger partial charge in [-0.1, -0.05) is 32.9 Å². The van der Waals surface area contributed by atoms with Gasteiger partial charge in [-0.05, 0) is 55.0 Å². The lowest BCUT2D eigenvalue weighted by molar-refractivity contribution is 0.0874. The number of anilines is 1. The van der Waals surface area contributed by atoms with Gasteiger partial charge in [0, 0.05) is 25.3 Å². The van der Waals surface area contributed by atoms with Gasteiger partial charge in [-0.3, -0.25) is 0 Å². The van der Waals surface area contributed by atoms with Crippen LogP contribution in [0, 0.1) is 5.92 Å². The third-order valence-corrected chi connectivity index (χ3v) is 5.26. The number of likely N-dealkylation sites (N-methyl/N-ethyl adjacent to an activating group) is 1. The van der Waals surface area contributed by atoms with Gasteiger partial charge in [-0.2, -0.15) is 0 Å². The van der Waals surface area contributed by atoms with E-state index in [0.717, 1.165) is 5.92 Å². The van der Waals surface area contributed by atoms with Crippen molar-refractivity contribution in [1.82, 2.24) is 4.90 Å². The Labute approximate surface area is 123 Å². The fraction of sp³-hybridized carbons (Fsp3) is 0.667. The summed E-state index contributed by atoms with van der Waals surface area (Å²) in [7, 11) is 2.28. The summed E-state index contributed by atoms with van der Waals surface area (Å²) in [4.78, 5) is 5.15. The van der Waals surface area contributed by atoms with Crippen LogP contribution in [0.25, 0.3) is 0 Å². The number of rotatable bonds is 2. The van der Waals surface area contributed by atoms with Gasteiger partial charge in [0.2, 0.25) is 0 Å². The second kappa shape index (κ2) is 5.07. The van der Waals surface area contributed by atoms with Crippen molar-refractivity contribution in [2.45, 2.75) is 45.1 Å². The zero-order chi connectivity index (χ0) is 14.3. The molecule has 0 aliphatic carbocycles. The van der Waals surface area contributed by atoms with Crippen molar-refractivity contribution in [1.29, 1.82) is 0 Å². The van der Waals surface area contributed by atoms with E-state index in [1.807, 2.05) is 0 Å². The first kappa shape index (κ1) is 13.9. The Morgan fingerprint density at radius 1 is 1.05 bits per heavy atom. The predicted octanol–water partition coefficient (Wildman–Crippen LogP) is 3.51. The van der Waals surface area contributed by atoms with E-state index in [1.165, 1.54) is 43.7 Å². The molecule has 0 aromatic heterocycles. The van der Waals surface area contributed by atoms with Crippen molar-refractivity contribution < 1.29 is 0 Å². The molecular weight excluding hydrogens is 244 g/mol. The van der Waals surface area contributed by atoms with Gasteiger partial charge in [-0.15, -0.1) is 0 Å². The van der Waals surface area contributed by atoms with Crippen LogP contribution >= 0.6 is 0 Å². The number of hydrogen-bond acceptors (Lipinski definition) is 2. The summed E-state index contributed by atoms with van der Waals surface area (Å²) in [6.45, 7) is 10.7. The van der Waals surface area contributed by atoms with E-state index in [0.29, 0.717) is 6.04 Å². The number of benzene rings is 1. The molecule has 3 aliphatic heterocycles. The van der Waals surface area contributed by atoms with Crippen molar-refractivity contribution in [3.05, 3.63) is 29.8 Å². The average Bonchev–Trinajstić information content (AvgIpc) is 2.47. The van der Waals surface area contributed by atoms with Gasteiger partial charge in [0.1, 0.15) is 0 Å². The zero-order valence-electron chi connectivity index (χ0n) is 13.4. The fourth-order valence-electron chi connectivity index (χ4n) is 3.76. The maximum Gasteiger partial charge on any atom is 0.0442 e. The second-order valence-corrected chi connectivity index (χ2v) is 7.61. The minimum absolute atomic E-state index is 0.243. The monoisotopic (exact) mass is 272 g/mol. The molecule has 0 spiro atoms. The molecule has 0 saturated carbocycles. The van der Waals surface area contributed by atoms with Crippen molar-refractivity contribution >= 4 is 5.69 Å². The molecule has 2 heteroatoms. The molecule has 3 fully saturated rings. The van der Waals surface area contributed by atoms with Crippen LogP contribution in [0.1, 0.15) is 39.2 Å². The number of nitrogens with zero attached hydrogens (tertiary/aromatic N) is 2. The molecule has 3 saturated heterocycles. The van der Waals surface area contributed by atoms with E-state index in [9.17, 15) is 0 Å². The Kier molecular flexibility index (Phi) is 3.53. The molecule has 1 atom stereocenters. The van der Waals surface area contributed by atoms with Gasteiger partial charge in [0.25, 0.3) is 0 Å². The van der Waals surface area contributed by atoms with E-state index in [1.54, 1.807) is 0 Å². The van der Waals surface area contributed by atoms with E-state index in [-0.39, 0.29) is 5.41 Å². The van der Waals surface area contributed by atoms with Gasteiger partial charge in [0.05, 0.1) is 0 Å². The highest BCUT2D eigenvalue weighted by Gasteiger charge is 2.36. The molecule has 2 nitrogen and oxygen atoms in total. The van der Waals surface area contributed by atoms with Crippen LogP contribution in [0.3, 0.4) is 0 Å². The number of piperidine rings is 3. The lowest BCUT2D eigenvalue weighted by atomic mass is 9.83. The van der Waals surface area contributed by atoms with Crippen LogP contribution in [-0.2, 0) is 5.41 Å². The van der Waals surface area contributed by atoms with Crippen LogP contribution < -0.4 is 4.90 Å². The molecule has 1 aromatic rings. The first-order chi connectivity index (χ1) is 9.45. The molecule has 0 amide bonds. The standard InChI is InChI=1S/C18H28N2/c1-18(2,3)15-5-7-16(8-6-15)19(4)17-13-20-11-9-14(17)10-12-20/h5-8,14,17H,9-13H2,1-4H3. The molecule has 1 aromatic carbocycles. The first-order valence-corrected chi connectivity index (χ1v) is 8.01. The van der Waals surface area contributed by atoms with Crippen molar-refractivity contribution in [2.24, 2.45) is 5.92 Å². The summed E-state index contributed by atoms with van der Waals surface area (Å²) in [6, 6.07) is 9.91. The normalized spacial score (nSPS) is 29.5. The molecule has 20 heavy (non-hydrogen) atoms. The van der Waals surface area contributed by atoms with E-state index >= 15 is 0 Å². The molecule has 0 N–H and O–H groups in total. The summed E-state index contributed by atoms with van der Waals surface area (Å²) in [5.41, 5.74) is 3.03. The van der Waals surface area contributed by atoms with Crippen LogP contribution in [-0.4, -0.2) is 37.6 Å². The van der Waals surface area contributed by atoms with Crippen molar-refractivity contribution in [2.75, 3.05) is 31.6 Å². The van der Waals surface area contributed by atoms with Crippen molar-refractivity contribution in [3.63, 3.8) is 0 Å². The lowest BCUT2D eigenvalue weighted by Crippen LogP contribution is -2.56. The SMILES string of the molecule is CN(c1ccc(C(C)(C)C)cc1)C1CN2CCC1CC2. The molecular formula is C18H28N2. The minimum Gasteiger partial charge on any atom is -0.370 e. The quantitative estimate of drug-likeness (QED) is 0.813. The first-order valence-electron chi connectivity index (χ1n) is 8.01. The van der Waals surface area contributed by atoms with Crippen LogP contribution in [0.5, 0.6) is 0 Å². The minimum atomic E-state index is 0.243. The maximum atomic E-state index is 2.63. The zero-order valence-corrected chi connectivity index (χ0v) is 13.4. The molecule has 110 valence electrons. The van der Waals surface area contributed by atoms with Crippen molar-refractivity contribution in [3.8, 4) is 0 Å². The Hall–Kier alpha value is -1.02. The molecule has 3 aliphatic rings. The second-order valence-electron chi connectivity index (χ2n) is 7.61. The van der Waals surface area contributed by atoms with Crippen LogP contribution in [0.15, 0.2) is 24.3 Å². The highest BCUT2D eigenvalue weighted by Crippen LogP contribution is 2.33. The van der Waals surface area contributed by atoms with Gasteiger partial charge >= 0.3 is 0 Å². The number of hydrogen-bond donors (Lipinski definition) is 0. The molecule has 4 rings (SSSR count). The summed E-state index contributed by atoms with van der Waals surface area (Å²) in [5, 5.41) is 0. The maximum absolute atomic E-state index is 2.63. The summed E-state index contributed by atoms with van der Waals surface area (Å²) < 4.78 is 0. The largest absolute Gasteiger partial charge is 0.370 e. The van der Waals surface area contributed by atoms with E-state index < -0.39 is 0 Å². The predicted molar refractivity (Wildman–Crippen MR) is 86.5 cm³/mol. The highest BCUT2D eigenvalue weighted by atomic mass is 15.2. The Balaban J connectivity index is 1.75. The fourth-order valence-corrected chi connectivity index (χ4v) is 3.76. The molecule has 1 unspecified atom stereocenters. The van der Waals surface area contributed by atoms with Crippen LogP contribution in [0.4, 0.5) is 5.69 Å². The molecule has 2 bridgehead atoms. The third-order valence-electron chi connectivity index (χ3n) is 5.26. The lowest BCUT2D eigenvalue weighted by Gasteiger charge is -2.48. The summed E-state index contributed by atoms with van der Waals surface area (Å²) >= 11 is 0. The Morgan fingerprint density at radius 3 is 2.10 bits per heavy atom. The highest BCUT2D eigenvalue weighted by molar-refractivity contribution is 5.49. The molecule has 0 radical (unpaired) electrons. The Bertz CT molecular complexity index is 449. The number of fused-ring (bicyclic) bond motifs is 3. The van der Waals surface area contributed by atoms with E-state index in [2.05, 4.69) is 61.9 Å². The van der Waals surface area contributed by atoms with Gasteiger partial charge in [-0.25, -0.2) is 0 Å². The van der Waals surface area contributed by atoms with Crippen LogP contribution in [0.2, 0.25) is 0 Å². The van der Waals surface area contributed by atoms with E-state index in [4.69, 9.17) is 0 Å². The topological polar surface area (TPSA) is 6.48 Å². The van der Waals surface area contributed by atoms with Gasteiger partial charge < -0.3 is 9.80 Å². The summed E-state index contributed by atoms with van der Waals surface area (Å²) in [6.07, 6.45) is 2.77. The average molecular weight is 272 g/mol. The summed E-state index contributed by atoms with van der Waals surface area (Å²) in [5.74, 6) is 0.896. The Morgan fingerprint density at radius 2 is 1.65 bits per heavy atom. The third kappa shape index (κ3) is 2.58.